The summed E-state index contributed by atoms with van der Waals surface area (Å²) in [5.41, 5.74) is 9.95. The SMILES string of the molecule is Bc1cc(-c2ccccc2)cc(-c2cccc3c2c2ccccc2n3-c2ccccc2)c1. The van der Waals surface area contributed by atoms with Gasteiger partial charge in [-0.05, 0) is 52.6 Å². The third-order valence-corrected chi connectivity index (χ3v) is 6.21. The molecular formula is C30H22BN. The van der Waals surface area contributed by atoms with Crippen molar-refractivity contribution in [3.8, 4) is 27.9 Å². The van der Waals surface area contributed by atoms with E-state index >= 15 is 0 Å². The van der Waals surface area contributed by atoms with Crippen LogP contribution < -0.4 is 5.46 Å². The molecular weight excluding hydrogens is 385 g/mol. The van der Waals surface area contributed by atoms with Crippen molar-refractivity contribution in [2.24, 2.45) is 0 Å². The van der Waals surface area contributed by atoms with Crippen molar-refractivity contribution in [3.05, 3.63) is 121 Å². The minimum atomic E-state index is 1.19. The molecule has 0 aliphatic heterocycles. The number of hydrogen-bond donors (Lipinski definition) is 0. The van der Waals surface area contributed by atoms with E-state index in [1.54, 1.807) is 0 Å². The predicted molar refractivity (Wildman–Crippen MR) is 140 cm³/mol. The van der Waals surface area contributed by atoms with Gasteiger partial charge in [-0.25, -0.2) is 0 Å². The smallest absolute Gasteiger partial charge is 0.139 e. The maximum absolute atomic E-state index is 2.38. The molecule has 1 heterocycles. The first kappa shape index (κ1) is 18.7. The van der Waals surface area contributed by atoms with E-state index < -0.39 is 0 Å². The van der Waals surface area contributed by atoms with Gasteiger partial charge in [-0.2, -0.15) is 0 Å². The Bertz CT molecular complexity index is 1560. The van der Waals surface area contributed by atoms with Crippen molar-refractivity contribution in [2.75, 3.05) is 0 Å². The molecule has 0 unspecified atom stereocenters. The van der Waals surface area contributed by atoms with Gasteiger partial charge in [0, 0.05) is 16.5 Å². The molecule has 6 aromatic rings. The number of benzene rings is 5. The van der Waals surface area contributed by atoms with E-state index in [1.165, 1.54) is 55.2 Å². The van der Waals surface area contributed by atoms with Crippen LogP contribution in [0.5, 0.6) is 0 Å². The van der Waals surface area contributed by atoms with Crippen molar-refractivity contribution < 1.29 is 0 Å². The highest BCUT2D eigenvalue weighted by Gasteiger charge is 2.16. The molecule has 6 rings (SSSR count). The molecule has 0 bridgehead atoms. The fourth-order valence-electron chi connectivity index (χ4n) is 4.85. The van der Waals surface area contributed by atoms with Crippen LogP contribution in [-0.4, -0.2) is 12.4 Å². The standard InChI is InChI=1S/C30H22BN/c31-24-19-22(21-10-3-1-4-11-21)18-23(20-24)26-15-9-17-29-30(26)27-14-7-8-16-28(27)32(29)25-12-5-2-6-13-25/h1-20H,31H2. The highest BCUT2D eigenvalue weighted by atomic mass is 15.0. The Morgan fingerprint density at radius 3 is 1.97 bits per heavy atom. The van der Waals surface area contributed by atoms with Crippen LogP contribution in [0.25, 0.3) is 49.7 Å². The molecule has 0 aliphatic carbocycles. The minimum Gasteiger partial charge on any atom is -0.309 e. The van der Waals surface area contributed by atoms with E-state index in [0.29, 0.717) is 0 Å². The summed E-state index contributed by atoms with van der Waals surface area (Å²) >= 11 is 0. The number of nitrogens with zero attached hydrogens (tertiary/aromatic N) is 1. The van der Waals surface area contributed by atoms with Crippen molar-refractivity contribution in [2.45, 2.75) is 0 Å². The maximum Gasteiger partial charge on any atom is 0.139 e. The fraction of sp³-hybridized carbons (Fsp3) is 0. The largest absolute Gasteiger partial charge is 0.309 e. The van der Waals surface area contributed by atoms with Crippen LogP contribution in [0.4, 0.5) is 0 Å². The number of aromatic nitrogens is 1. The topological polar surface area (TPSA) is 4.93 Å². The molecule has 0 saturated heterocycles. The van der Waals surface area contributed by atoms with Crippen LogP contribution in [0.2, 0.25) is 0 Å². The summed E-state index contributed by atoms with van der Waals surface area (Å²) in [7, 11) is 2.18. The molecule has 2 heteroatoms. The van der Waals surface area contributed by atoms with E-state index in [1.807, 2.05) is 0 Å². The van der Waals surface area contributed by atoms with Crippen LogP contribution in [0.1, 0.15) is 0 Å². The third-order valence-electron chi connectivity index (χ3n) is 6.21. The average Bonchev–Trinajstić information content (AvgIpc) is 3.19. The molecule has 1 nitrogen and oxygen atoms in total. The monoisotopic (exact) mass is 407 g/mol. The quantitative estimate of drug-likeness (QED) is 0.300. The zero-order valence-electron chi connectivity index (χ0n) is 18.0. The predicted octanol–water partition coefficient (Wildman–Crippen LogP) is 6.38. The second-order valence-electron chi connectivity index (χ2n) is 8.34. The Labute approximate surface area is 189 Å². The van der Waals surface area contributed by atoms with Gasteiger partial charge in [-0.1, -0.05) is 96.5 Å². The molecule has 0 fully saturated rings. The van der Waals surface area contributed by atoms with Gasteiger partial charge >= 0.3 is 0 Å². The molecule has 0 radical (unpaired) electrons. The van der Waals surface area contributed by atoms with Crippen molar-refractivity contribution in [3.63, 3.8) is 0 Å². The lowest BCUT2D eigenvalue weighted by molar-refractivity contribution is 1.18. The summed E-state index contributed by atoms with van der Waals surface area (Å²) < 4.78 is 2.38. The highest BCUT2D eigenvalue weighted by Crippen LogP contribution is 2.38. The van der Waals surface area contributed by atoms with E-state index in [9.17, 15) is 0 Å². The number of hydrogen-bond acceptors (Lipinski definition) is 0. The van der Waals surface area contributed by atoms with Crippen LogP contribution in [0.15, 0.2) is 121 Å². The molecule has 1 aromatic heterocycles. The van der Waals surface area contributed by atoms with Gasteiger partial charge in [0.15, 0.2) is 0 Å². The summed E-state index contributed by atoms with van der Waals surface area (Å²) in [4.78, 5) is 0. The lowest BCUT2D eigenvalue weighted by Gasteiger charge is -2.11. The van der Waals surface area contributed by atoms with Crippen LogP contribution in [-0.2, 0) is 0 Å². The Morgan fingerprint density at radius 2 is 1.16 bits per heavy atom. The Hall–Kier alpha value is -4.04. The molecule has 32 heavy (non-hydrogen) atoms. The second kappa shape index (κ2) is 7.58. The summed E-state index contributed by atoms with van der Waals surface area (Å²) in [6.45, 7) is 0. The number of para-hydroxylation sites is 2. The highest BCUT2D eigenvalue weighted by molar-refractivity contribution is 6.33. The normalized spacial score (nSPS) is 11.2. The fourth-order valence-corrected chi connectivity index (χ4v) is 4.85. The van der Waals surface area contributed by atoms with Crippen molar-refractivity contribution in [1.82, 2.24) is 4.57 Å². The van der Waals surface area contributed by atoms with Crippen molar-refractivity contribution >= 4 is 35.1 Å². The molecule has 0 N–H and O–H groups in total. The Morgan fingerprint density at radius 1 is 0.500 bits per heavy atom. The second-order valence-corrected chi connectivity index (χ2v) is 8.34. The maximum atomic E-state index is 2.38. The number of fused-ring (bicyclic) bond motifs is 3. The summed E-state index contributed by atoms with van der Waals surface area (Å²) in [6.07, 6.45) is 0. The average molecular weight is 407 g/mol. The van der Waals surface area contributed by atoms with E-state index in [4.69, 9.17) is 0 Å². The molecule has 150 valence electrons. The lowest BCUT2D eigenvalue weighted by Crippen LogP contribution is -2.02. The van der Waals surface area contributed by atoms with E-state index in [-0.39, 0.29) is 0 Å². The summed E-state index contributed by atoms with van der Waals surface area (Å²) in [6, 6.07) is 43.6. The molecule has 0 spiro atoms. The molecule has 0 amide bonds. The first-order valence-electron chi connectivity index (χ1n) is 11.0. The van der Waals surface area contributed by atoms with Gasteiger partial charge in [0.25, 0.3) is 0 Å². The molecule has 5 aromatic carbocycles. The van der Waals surface area contributed by atoms with Gasteiger partial charge in [-0.15, -0.1) is 0 Å². The Balaban J connectivity index is 1.67. The number of rotatable bonds is 3. The molecule has 0 atom stereocenters. The Kier molecular flexibility index (Phi) is 4.43. The van der Waals surface area contributed by atoms with E-state index in [2.05, 4.69) is 134 Å². The van der Waals surface area contributed by atoms with Gasteiger partial charge in [0.2, 0.25) is 0 Å². The summed E-state index contributed by atoms with van der Waals surface area (Å²) in [5, 5.41) is 2.58. The van der Waals surface area contributed by atoms with Gasteiger partial charge < -0.3 is 4.57 Å². The zero-order valence-corrected chi connectivity index (χ0v) is 18.0. The third kappa shape index (κ3) is 3.04. The van der Waals surface area contributed by atoms with Gasteiger partial charge in [-0.3, -0.25) is 0 Å². The lowest BCUT2D eigenvalue weighted by atomic mass is 9.87. The van der Waals surface area contributed by atoms with Gasteiger partial charge in [0.05, 0.1) is 11.0 Å². The first-order valence-corrected chi connectivity index (χ1v) is 11.0. The van der Waals surface area contributed by atoms with Crippen LogP contribution in [0.3, 0.4) is 0 Å². The van der Waals surface area contributed by atoms with Gasteiger partial charge in [0.1, 0.15) is 7.85 Å². The minimum absolute atomic E-state index is 1.19. The summed E-state index contributed by atoms with van der Waals surface area (Å²) in [5.74, 6) is 0. The van der Waals surface area contributed by atoms with Crippen LogP contribution >= 0.6 is 0 Å². The van der Waals surface area contributed by atoms with Crippen molar-refractivity contribution in [1.29, 1.82) is 0 Å². The first-order chi connectivity index (χ1) is 15.8. The molecule has 0 aliphatic rings. The van der Waals surface area contributed by atoms with Crippen LogP contribution in [0, 0.1) is 0 Å². The molecule has 0 saturated carbocycles. The zero-order chi connectivity index (χ0) is 21.5. The van der Waals surface area contributed by atoms with E-state index in [0.717, 1.165) is 0 Å².